The lowest BCUT2D eigenvalue weighted by Crippen LogP contribution is -2.26. The number of para-hydroxylation sites is 1. The molecule has 1 aromatic carbocycles. The molecule has 0 aliphatic carbocycles. The number of halogens is 1. The Hall–Kier alpha value is -1.09. The lowest BCUT2D eigenvalue weighted by Gasteiger charge is -2.23. The van der Waals surface area contributed by atoms with Gasteiger partial charge in [-0.25, -0.2) is 0 Å². The van der Waals surface area contributed by atoms with E-state index in [4.69, 9.17) is 0 Å². The third kappa shape index (κ3) is 2.78. The van der Waals surface area contributed by atoms with Crippen molar-refractivity contribution in [3.05, 3.63) is 34.4 Å². The molecule has 2 aromatic rings. The average molecular weight is 293 g/mol. The summed E-state index contributed by atoms with van der Waals surface area (Å²) in [6.45, 7) is 8.50. The number of hydrogen-bond donors (Lipinski definition) is 1. The Morgan fingerprint density at radius 2 is 1.94 bits per heavy atom. The minimum atomic E-state index is 0.0447. The van der Waals surface area contributed by atoms with E-state index in [-0.39, 0.29) is 5.54 Å². The van der Waals surface area contributed by atoms with Crippen LogP contribution in [0.2, 0.25) is 0 Å². The normalized spacial score (nSPS) is 11.8. The first-order valence-corrected chi connectivity index (χ1v) is 6.50. The smallest absolute Gasteiger partial charge is 0.0867 e. The van der Waals surface area contributed by atoms with Crippen LogP contribution in [0.25, 0.3) is 10.9 Å². The molecule has 90 valence electrons. The highest BCUT2D eigenvalue weighted by atomic mass is 79.9. The van der Waals surface area contributed by atoms with Crippen LogP contribution in [-0.4, -0.2) is 10.5 Å². The van der Waals surface area contributed by atoms with E-state index in [1.807, 2.05) is 19.1 Å². The summed E-state index contributed by atoms with van der Waals surface area (Å²) in [5, 5.41) is 4.68. The fourth-order valence-electron chi connectivity index (χ4n) is 1.85. The van der Waals surface area contributed by atoms with Crippen molar-refractivity contribution in [3.8, 4) is 0 Å². The number of aryl methyl sites for hydroxylation is 1. The fraction of sp³-hybridized carbons (Fsp3) is 0.357. The predicted octanol–water partition coefficient (Wildman–Crippen LogP) is 4.52. The molecular formula is C14H17BrN2. The van der Waals surface area contributed by atoms with Gasteiger partial charge in [-0.2, -0.15) is 0 Å². The second-order valence-electron chi connectivity index (χ2n) is 5.32. The van der Waals surface area contributed by atoms with E-state index in [0.29, 0.717) is 0 Å². The van der Waals surface area contributed by atoms with Gasteiger partial charge in [0.2, 0.25) is 0 Å². The van der Waals surface area contributed by atoms with Gasteiger partial charge in [-0.3, -0.25) is 4.98 Å². The van der Waals surface area contributed by atoms with Crippen molar-refractivity contribution < 1.29 is 0 Å². The highest BCUT2D eigenvalue weighted by Crippen LogP contribution is 2.30. The molecule has 2 rings (SSSR count). The van der Waals surface area contributed by atoms with E-state index >= 15 is 0 Å². The molecule has 0 aliphatic rings. The van der Waals surface area contributed by atoms with Gasteiger partial charge in [-0.15, -0.1) is 0 Å². The second kappa shape index (κ2) is 4.30. The van der Waals surface area contributed by atoms with Crippen LogP contribution in [0.1, 0.15) is 26.5 Å². The molecule has 0 aliphatic heterocycles. The van der Waals surface area contributed by atoms with Crippen LogP contribution in [0.5, 0.6) is 0 Å². The number of nitrogens with zero attached hydrogens (tertiary/aromatic N) is 1. The van der Waals surface area contributed by atoms with E-state index in [1.165, 1.54) is 0 Å². The number of aromatic nitrogens is 1. The Morgan fingerprint density at radius 3 is 2.59 bits per heavy atom. The Bertz CT molecular complexity index is 556. The van der Waals surface area contributed by atoms with E-state index in [1.54, 1.807) is 0 Å². The van der Waals surface area contributed by atoms with Crippen LogP contribution in [-0.2, 0) is 0 Å². The SMILES string of the molecule is Cc1cc(NC(C)(C)C)c2cccc(Br)c2n1. The molecule has 1 heterocycles. The van der Waals surface area contributed by atoms with Crippen molar-refractivity contribution in [2.24, 2.45) is 0 Å². The molecule has 0 amide bonds. The zero-order chi connectivity index (χ0) is 12.6. The first kappa shape index (κ1) is 12.4. The minimum absolute atomic E-state index is 0.0447. The van der Waals surface area contributed by atoms with Crippen molar-refractivity contribution in [2.45, 2.75) is 33.2 Å². The summed E-state index contributed by atoms with van der Waals surface area (Å²) in [6.07, 6.45) is 0. The Morgan fingerprint density at radius 1 is 1.24 bits per heavy atom. The summed E-state index contributed by atoms with van der Waals surface area (Å²) in [5.41, 5.74) is 3.22. The second-order valence-corrected chi connectivity index (χ2v) is 6.18. The summed E-state index contributed by atoms with van der Waals surface area (Å²) in [5.74, 6) is 0. The third-order valence-corrected chi connectivity index (χ3v) is 3.07. The number of nitrogens with one attached hydrogen (secondary N) is 1. The summed E-state index contributed by atoms with van der Waals surface area (Å²) in [6, 6.07) is 8.26. The van der Waals surface area contributed by atoms with Gasteiger partial charge >= 0.3 is 0 Å². The molecule has 0 fully saturated rings. The van der Waals surface area contributed by atoms with Crippen molar-refractivity contribution in [2.75, 3.05) is 5.32 Å². The lowest BCUT2D eigenvalue weighted by atomic mass is 10.1. The number of anilines is 1. The number of rotatable bonds is 1. The van der Waals surface area contributed by atoms with Gasteiger partial charge in [0.1, 0.15) is 0 Å². The van der Waals surface area contributed by atoms with Crippen molar-refractivity contribution in [1.82, 2.24) is 4.98 Å². The van der Waals surface area contributed by atoms with Gasteiger partial charge < -0.3 is 5.32 Å². The van der Waals surface area contributed by atoms with Gasteiger partial charge in [-0.05, 0) is 55.8 Å². The molecule has 2 nitrogen and oxygen atoms in total. The summed E-state index contributed by atoms with van der Waals surface area (Å²) in [7, 11) is 0. The molecule has 17 heavy (non-hydrogen) atoms. The molecule has 0 radical (unpaired) electrons. The first-order valence-electron chi connectivity index (χ1n) is 5.71. The van der Waals surface area contributed by atoms with E-state index in [9.17, 15) is 0 Å². The molecule has 0 saturated carbocycles. The van der Waals surface area contributed by atoms with Crippen molar-refractivity contribution in [1.29, 1.82) is 0 Å². The standard InChI is InChI=1S/C14H17BrN2/c1-9-8-12(17-14(2,3)4)10-6-5-7-11(15)13(10)16-9/h5-8H,1-4H3,(H,16,17). The monoisotopic (exact) mass is 292 g/mol. The van der Waals surface area contributed by atoms with Crippen molar-refractivity contribution in [3.63, 3.8) is 0 Å². The number of hydrogen-bond acceptors (Lipinski definition) is 2. The van der Waals surface area contributed by atoms with Gasteiger partial charge in [-0.1, -0.05) is 12.1 Å². The van der Waals surface area contributed by atoms with Crippen LogP contribution in [0.15, 0.2) is 28.7 Å². The fourth-order valence-corrected chi connectivity index (χ4v) is 2.30. The summed E-state index contributed by atoms with van der Waals surface area (Å²) < 4.78 is 1.04. The average Bonchev–Trinajstić information content (AvgIpc) is 2.17. The minimum Gasteiger partial charge on any atom is -0.380 e. The zero-order valence-electron chi connectivity index (χ0n) is 10.6. The molecule has 0 atom stereocenters. The number of pyridine rings is 1. The van der Waals surface area contributed by atoms with Gasteiger partial charge in [0, 0.05) is 26.8 Å². The molecule has 1 aromatic heterocycles. The predicted molar refractivity (Wildman–Crippen MR) is 77.6 cm³/mol. The van der Waals surface area contributed by atoms with Crippen LogP contribution in [0.4, 0.5) is 5.69 Å². The number of benzene rings is 1. The zero-order valence-corrected chi connectivity index (χ0v) is 12.2. The highest BCUT2D eigenvalue weighted by Gasteiger charge is 2.13. The Kier molecular flexibility index (Phi) is 3.13. The van der Waals surface area contributed by atoms with E-state index < -0.39 is 0 Å². The maximum atomic E-state index is 4.58. The molecule has 3 heteroatoms. The summed E-state index contributed by atoms with van der Waals surface area (Å²) >= 11 is 3.55. The molecule has 0 bridgehead atoms. The third-order valence-electron chi connectivity index (χ3n) is 2.43. The van der Waals surface area contributed by atoms with Crippen LogP contribution < -0.4 is 5.32 Å². The lowest BCUT2D eigenvalue weighted by molar-refractivity contribution is 0.635. The first-order chi connectivity index (χ1) is 7.87. The maximum Gasteiger partial charge on any atom is 0.0867 e. The molecular weight excluding hydrogens is 276 g/mol. The quantitative estimate of drug-likeness (QED) is 0.836. The Balaban J connectivity index is 2.66. The van der Waals surface area contributed by atoms with Gasteiger partial charge in [0.05, 0.1) is 5.52 Å². The van der Waals surface area contributed by atoms with Crippen molar-refractivity contribution >= 4 is 32.5 Å². The highest BCUT2D eigenvalue weighted by molar-refractivity contribution is 9.10. The van der Waals surface area contributed by atoms with Gasteiger partial charge in [0.15, 0.2) is 0 Å². The van der Waals surface area contributed by atoms with Crippen LogP contribution >= 0.6 is 15.9 Å². The van der Waals surface area contributed by atoms with Crippen LogP contribution in [0, 0.1) is 6.92 Å². The topological polar surface area (TPSA) is 24.9 Å². The summed E-state index contributed by atoms with van der Waals surface area (Å²) in [4.78, 5) is 4.58. The Labute approximate surface area is 111 Å². The van der Waals surface area contributed by atoms with E-state index in [2.05, 4.69) is 59.1 Å². The number of fused-ring (bicyclic) bond motifs is 1. The molecule has 0 spiro atoms. The van der Waals surface area contributed by atoms with E-state index in [0.717, 1.165) is 26.8 Å². The van der Waals surface area contributed by atoms with Gasteiger partial charge in [0.25, 0.3) is 0 Å². The molecule has 1 N–H and O–H groups in total. The molecule has 0 unspecified atom stereocenters. The molecule has 0 saturated heterocycles. The van der Waals surface area contributed by atoms with Crippen LogP contribution in [0.3, 0.4) is 0 Å². The maximum absolute atomic E-state index is 4.58. The largest absolute Gasteiger partial charge is 0.380 e.